The van der Waals surface area contributed by atoms with Gasteiger partial charge in [0.2, 0.25) is 5.95 Å². The first kappa shape index (κ1) is 25.2. The number of aromatic nitrogens is 5. The summed E-state index contributed by atoms with van der Waals surface area (Å²) >= 11 is 1.39. The molecule has 4 heterocycles. The summed E-state index contributed by atoms with van der Waals surface area (Å²) in [5, 5.41) is 2.74. The maximum atomic E-state index is 14.5. The molecule has 4 rings (SSSR count). The van der Waals surface area contributed by atoms with Crippen LogP contribution in [-0.2, 0) is 12.4 Å². The van der Waals surface area contributed by atoms with Crippen molar-refractivity contribution in [2.24, 2.45) is 0 Å². The number of nitrogens with one attached hydrogen (secondary N) is 1. The maximum absolute atomic E-state index is 14.5. The van der Waals surface area contributed by atoms with Crippen LogP contribution >= 0.6 is 11.9 Å². The Balaban J connectivity index is 1.69. The van der Waals surface area contributed by atoms with Crippen LogP contribution in [-0.4, -0.2) is 60.4 Å². The second kappa shape index (κ2) is 9.60. The molecule has 0 spiro atoms. The second-order valence-electron chi connectivity index (χ2n) is 7.61. The molecule has 1 aliphatic heterocycles. The molecule has 3 aromatic rings. The highest BCUT2D eigenvalue weighted by molar-refractivity contribution is 7.96. The number of pyridine rings is 1. The van der Waals surface area contributed by atoms with Crippen LogP contribution in [0.15, 0.2) is 37.1 Å². The fourth-order valence-electron chi connectivity index (χ4n) is 3.63. The molecule has 0 saturated carbocycles. The third-order valence-corrected chi connectivity index (χ3v) is 6.18. The van der Waals surface area contributed by atoms with Gasteiger partial charge in [0.05, 0.1) is 11.7 Å². The molecular formula is C20H18F7N7S. The van der Waals surface area contributed by atoms with E-state index in [9.17, 15) is 30.7 Å². The van der Waals surface area contributed by atoms with Crippen LogP contribution in [0.4, 0.5) is 36.7 Å². The molecule has 3 aromatic heterocycles. The summed E-state index contributed by atoms with van der Waals surface area (Å²) in [6.45, 7) is 0.688. The predicted octanol–water partition coefficient (Wildman–Crippen LogP) is 4.86. The Labute approximate surface area is 198 Å². The van der Waals surface area contributed by atoms with Gasteiger partial charge in [0, 0.05) is 31.7 Å². The van der Waals surface area contributed by atoms with E-state index in [1.165, 1.54) is 18.0 Å². The quantitative estimate of drug-likeness (QED) is 0.380. The van der Waals surface area contributed by atoms with Gasteiger partial charge < -0.3 is 9.88 Å². The fourth-order valence-corrected chi connectivity index (χ4v) is 4.21. The fraction of sp³-hybridized carbons (Fsp3) is 0.400. The minimum atomic E-state index is -4.87. The molecule has 0 aromatic carbocycles. The van der Waals surface area contributed by atoms with Crippen molar-refractivity contribution in [3.05, 3.63) is 48.3 Å². The summed E-state index contributed by atoms with van der Waals surface area (Å²) in [5.41, 5.74) is -3.86. The summed E-state index contributed by atoms with van der Waals surface area (Å²) in [6, 6.07) is 1.65. The minimum absolute atomic E-state index is 0.128. The van der Waals surface area contributed by atoms with E-state index >= 15 is 0 Å². The number of piperidine rings is 1. The number of alkyl halides is 7. The number of imidazole rings is 1. The number of halogens is 7. The summed E-state index contributed by atoms with van der Waals surface area (Å²) in [4.78, 5) is 14.8. The van der Waals surface area contributed by atoms with Crippen LogP contribution in [0.5, 0.6) is 0 Å². The SMILES string of the molecule is CSN1CCC(Nc2ncc(C(F)(F)F)c(-c3cn(-c4cccnc4C(F)(F)F)cn3)n2)C(F)C1. The van der Waals surface area contributed by atoms with Gasteiger partial charge in [0.15, 0.2) is 5.69 Å². The molecular weight excluding hydrogens is 503 g/mol. The zero-order valence-electron chi connectivity index (χ0n) is 18.0. The number of hydrogen-bond donors (Lipinski definition) is 1. The molecule has 0 radical (unpaired) electrons. The third-order valence-electron chi connectivity index (χ3n) is 5.33. The van der Waals surface area contributed by atoms with Crippen molar-refractivity contribution in [1.82, 2.24) is 28.8 Å². The lowest BCUT2D eigenvalue weighted by Gasteiger charge is -2.33. The zero-order valence-corrected chi connectivity index (χ0v) is 18.8. The van der Waals surface area contributed by atoms with Crippen LogP contribution < -0.4 is 5.32 Å². The van der Waals surface area contributed by atoms with Gasteiger partial charge in [0.1, 0.15) is 29.5 Å². The van der Waals surface area contributed by atoms with Gasteiger partial charge in [-0.25, -0.2) is 28.6 Å². The first-order valence-electron chi connectivity index (χ1n) is 10.2. The van der Waals surface area contributed by atoms with Gasteiger partial charge in [-0.05, 0) is 24.8 Å². The van der Waals surface area contributed by atoms with Gasteiger partial charge >= 0.3 is 12.4 Å². The Morgan fingerprint density at radius 1 is 1.09 bits per heavy atom. The largest absolute Gasteiger partial charge is 0.435 e. The highest BCUT2D eigenvalue weighted by Gasteiger charge is 2.38. The summed E-state index contributed by atoms with van der Waals surface area (Å²) in [7, 11) is 0. The molecule has 2 atom stereocenters. The van der Waals surface area contributed by atoms with Crippen molar-refractivity contribution in [3.8, 4) is 17.1 Å². The van der Waals surface area contributed by atoms with Gasteiger partial charge in [-0.3, -0.25) is 0 Å². The van der Waals surface area contributed by atoms with E-state index in [4.69, 9.17) is 0 Å². The monoisotopic (exact) mass is 521 g/mol. The maximum Gasteiger partial charge on any atom is 0.435 e. The first-order chi connectivity index (χ1) is 16.5. The average molecular weight is 521 g/mol. The van der Waals surface area contributed by atoms with Crippen LogP contribution in [0.1, 0.15) is 17.7 Å². The molecule has 1 saturated heterocycles. The molecule has 0 amide bonds. The predicted molar refractivity (Wildman–Crippen MR) is 114 cm³/mol. The van der Waals surface area contributed by atoms with Crippen LogP contribution in [0.3, 0.4) is 0 Å². The smallest absolute Gasteiger partial charge is 0.348 e. The van der Waals surface area contributed by atoms with E-state index < -0.39 is 47.2 Å². The van der Waals surface area contributed by atoms with Crippen molar-refractivity contribution in [3.63, 3.8) is 0 Å². The lowest BCUT2D eigenvalue weighted by atomic mass is 10.1. The molecule has 1 aliphatic rings. The highest BCUT2D eigenvalue weighted by Crippen LogP contribution is 2.37. The van der Waals surface area contributed by atoms with Gasteiger partial charge in [-0.15, -0.1) is 0 Å². The first-order valence-corrected chi connectivity index (χ1v) is 11.4. The van der Waals surface area contributed by atoms with E-state index in [-0.39, 0.29) is 18.2 Å². The van der Waals surface area contributed by atoms with Crippen molar-refractivity contribution < 1.29 is 30.7 Å². The van der Waals surface area contributed by atoms with Gasteiger partial charge in [-0.1, -0.05) is 11.9 Å². The topological polar surface area (TPSA) is 71.8 Å². The van der Waals surface area contributed by atoms with Crippen molar-refractivity contribution >= 4 is 17.9 Å². The molecule has 1 fully saturated rings. The molecule has 188 valence electrons. The van der Waals surface area contributed by atoms with Crippen molar-refractivity contribution in [2.45, 2.75) is 31.0 Å². The molecule has 7 nitrogen and oxygen atoms in total. The number of anilines is 1. The summed E-state index contributed by atoms with van der Waals surface area (Å²) < 4.78 is 98.2. The Bertz CT molecular complexity index is 1180. The Morgan fingerprint density at radius 2 is 1.86 bits per heavy atom. The Morgan fingerprint density at radius 3 is 2.51 bits per heavy atom. The van der Waals surface area contributed by atoms with E-state index in [1.54, 1.807) is 0 Å². The highest BCUT2D eigenvalue weighted by atomic mass is 32.2. The summed E-state index contributed by atoms with van der Waals surface area (Å²) in [5.74, 6) is -0.245. The van der Waals surface area contributed by atoms with Crippen molar-refractivity contribution in [2.75, 3.05) is 24.7 Å². The number of rotatable bonds is 5. The molecule has 15 heteroatoms. The average Bonchev–Trinajstić information content (AvgIpc) is 3.29. The standard InChI is InChI=1S/C20H18F7N7S/c1-35-34-6-4-13(12(21)8-34)31-18-29-7-11(19(22,23)24)16(32-18)14-9-33(10-30-14)15-3-2-5-28-17(15)20(25,26)27/h2-3,5,7,9-10,12-13H,4,6,8H2,1H3,(H,29,31,32). The zero-order chi connectivity index (χ0) is 25.4. The molecule has 2 unspecified atom stereocenters. The third kappa shape index (κ3) is 5.50. The lowest BCUT2D eigenvalue weighted by Crippen LogP contribution is -2.45. The van der Waals surface area contributed by atoms with E-state index in [1.807, 2.05) is 10.6 Å². The molecule has 0 bridgehead atoms. The van der Waals surface area contributed by atoms with E-state index in [0.717, 1.165) is 29.4 Å². The van der Waals surface area contributed by atoms with Gasteiger partial charge in [0.25, 0.3) is 0 Å². The lowest BCUT2D eigenvalue weighted by molar-refractivity contribution is -0.141. The van der Waals surface area contributed by atoms with E-state index in [0.29, 0.717) is 19.2 Å². The van der Waals surface area contributed by atoms with Crippen LogP contribution in [0.2, 0.25) is 0 Å². The number of nitrogens with zero attached hydrogens (tertiary/aromatic N) is 6. The van der Waals surface area contributed by atoms with Crippen LogP contribution in [0.25, 0.3) is 17.1 Å². The second-order valence-corrected chi connectivity index (χ2v) is 8.50. The Kier molecular flexibility index (Phi) is 6.90. The minimum Gasteiger partial charge on any atom is -0.348 e. The summed E-state index contributed by atoms with van der Waals surface area (Å²) in [6.07, 6.45) is -5.36. The normalized spacial score (nSPS) is 19.7. The van der Waals surface area contributed by atoms with Gasteiger partial charge in [-0.2, -0.15) is 26.3 Å². The van der Waals surface area contributed by atoms with Crippen molar-refractivity contribution in [1.29, 1.82) is 0 Å². The molecule has 0 aliphatic carbocycles. The number of hydrogen-bond acceptors (Lipinski definition) is 7. The Hall–Kier alpha value is -2.94. The van der Waals surface area contributed by atoms with E-state index in [2.05, 4.69) is 25.3 Å². The molecule has 1 N–H and O–H groups in total. The molecule has 35 heavy (non-hydrogen) atoms. The van der Waals surface area contributed by atoms with Crippen LogP contribution in [0, 0.1) is 0 Å².